The maximum atomic E-state index is 10.6. The third-order valence-corrected chi connectivity index (χ3v) is 5.13. The molecule has 4 rings (SSSR count). The molecule has 10 nitrogen and oxygen atoms in total. The lowest BCUT2D eigenvalue weighted by atomic mass is 10.0. The third-order valence-electron chi connectivity index (χ3n) is 5.13. The zero-order valence-corrected chi connectivity index (χ0v) is 15.7. The van der Waals surface area contributed by atoms with Crippen LogP contribution in [0.5, 0.6) is 0 Å². The van der Waals surface area contributed by atoms with Crippen molar-refractivity contribution in [3.8, 4) is 0 Å². The SMILES string of the molecule is C[C@@H](Nc1ncnc2c1ncn2[C@@H]1O[C@H](CO)[C@@H](O)[C@H]1O)[C@@H](O)c1ccccc1. The number of hydrogen-bond acceptors (Lipinski definition) is 9. The second kappa shape index (κ2) is 8.01. The Morgan fingerprint density at radius 2 is 1.90 bits per heavy atom. The molecule has 154 valence electrons. The van der Waals surface area contributed by atoms with Crippen molar-refractivity contribution in [1.82, 2.24) is 19.5 Å². The first-order chi connectivity index (χ1) is 14.0. The van der Waals surface area contributed by atoms with Gasteiger partial charge in [0.1, 0.15) is 24.6 Å². The van der Waals surface area contributed by atoms with Gasteiger partial charge in [0, 0.05) is 0 Å². The Hall–Kier alpha value is -2.63. The van der Waals surface area contributed by atoms with Crippen molar-refractivity contribution in [3.63, 3.8) is 0 Å². The highest BCUT2D eigenvalue weighted by atomic mass is 16.6. The van der Waals surface area contributed by atoms with Gasteiger partial charge in [-0.15, -0.1) is 0 Å². The van der Waals surface area contributed by atoms with Gasteiger partial charge in [0.25, 0.3) is 0 Å². The molecule has 1 aromatic carbocycles. The van der Waals surface area contributed by atoms with Gasteiger partial charge >= 0.3 is 0 Å². The number of nitrogens with one attached hydrogen (secondary N) is 1. The van der Waals surface area contributed by atoms with Crippen LogP contribution < -0.4 is 5.32 Å². The monoisotopic (exact) mass is 401 g/mol. The molecule has 5 N–H and O–H groups in total. The van der Waals surface area contributed by atoms with Crippen molar-refractivity contribution >= 4 is 17.0 Å². The average Bonchev–Trinajstić information content (AvgIpc) is 3.30. The van der Waals surface area contributed by atoms with Gasteiger partial charge in [-0.05, 0) is 12.5 Å². The van der Waals surface area contributed by atoms with E-state index in [0.29, 0.717) is 17.0 Å². The fourth-order valence-corrected chi connectivity index (χ4v) is 3.49. The molecule has 3 heterocycles. The summed E-state index contributed by atoms with van der Waals surface area (Å²) in [6.45, 7) is 1.41. The lowest BCUT2D eigenvalue weighted by Gasteiger charge is -2.21. The Morgan fingerprint density at radius 1 is 1.14 bits per heavy atom. The Bertz CT molecular complexity index is 968. The van der Waals surface area contributed by atoms with E-state index in [9.17, 15) is 20.4 Å². The summed E-state index contributed by atoms with van der Waals surface area (Å²) in [7, 11) is 0. The van der Waals surface area contributed by atoms with Crippen LogP contribution in [-0.4, -0.2) is 70.9 Å². The summed E-state index contributed by atoms with van der Waals surface area (Å²) < 4.78 is 7.05. The van der Waals surface area contributed by atoms with Crippen LogP contribution in [0, 0.1) is 0 Å². The van der Waals surface area contributed by atoms with Gasteiger partial charge < -0.3 is 30.5 Å². The zero-order chi connectivity index (χ0) is 20.5. The summed E-state index contributed by atoms with van der Waals surface area (Å²) in [4.78, 5) is 12.8. The van der Waals surface area contributed by atoms with E-state index in [1.165, 1.54) is 17.2 Å². The van der Waals surface area contributed by atoms with Gasteiger partial charge in [0.15, 0.2) is 23.2 Å². The Morgan fingerprint density at radius 3 is 2.59 bits per heavy atom. The van der Waals surface area contributed by atoms with E-state index in [2.05, 4.69) is 20.3 Å². The second-order valence-corrected chi connectivity index (χ2v) is 7.06. The van der Waals surface area contributed by atoms with Crippen molar-refractivity contribution < 1.29 is 25.2 Å². The number of aromatic nitrogens is 4. The molecule has 0 aliphatic carbocycles. The van der Waals surface area contributed by atoms with Crippen LogP contribution in [0.4, 0.5) is 5.82 Å². The summed E-state index contributed by atoms with van der Waals surface area (Å²) in [6.07, 6.45) is -2.29. The summed E-state index contributed by atoms with van der Waals surface area (Å²) in [5, 5.41) is 43.3. The molecule has 1 aliphatic heterocycles. The van der Waals surface area contributed by atoms with E-state index in [-0.39, 0.29) is 6.04 Å². The second-order valence-electron chi connectivity index (χ2n) is 7.06. The summed E-state index contributed by atoms with van der Waals surface area (Å²) in [6, 6.07) is 8.92. The van der Waals surface area contributed by atoms with Crippen LogP contribution >= 0.6 is 0 Å². The molecule has 29 heavy (non-hydrogen) atoms. The minimum absolute atomic E-state index is 0.366. The highest BCUT2D eigenvalue weighted by Gasteiger charge is 2.44. The molecule has 2 aromatic heterocycles. The number of aliphatic hydroxyl groups is 4. The van der Waals surface area contributed by atoms with Crippen molar-refractivity contribution in [2.75, 3.05) is 11.9 Å². The molecule has 0 saturated carbocycles. The van der Waals surface area contributed by atoms with Crippen molar-refractivity contribution in [1.29, 1.82) is 0 Å². The first kappa shape index (κ1) is 19.7. The van der Waals surface area contributed by atoms with E-state index < -0.39 is 37.3 Å². The number of benzene rings is 1. The minimum atomic E-state index is -1.24. The molecule has 0 radical (unpaired) electrons. The molecular formula is C19H23N5O5. The van der Waals surface area contributed by atoms with Gasteiger partial charge in [-0.1, -0.05) is 30.3 Å². The van der Waals surface area contributed by atoms with Crippen LogP contribution in [0.15, 0.2) is 43.0 Å². The van der Waals surface area contributed by atoms with Crippen molar-refractivity contribution in [3.05, 3.63) is 48.5 Å². The normalized spacial score (nSPS) is 26.5. The molecule has 0 spiro atoms. The Labute approximate surface area is 166 Å². The van der Waals surface area contributed by atoms with Gasteiger partial charge in [-0.2, -0.15) is 0 Å². The molecule has 1 saturated heterocycles. The maximum Gasteiger partial charge on any atom is 0.167 e. The van der Waals surface area contributed by atoms with Crippen LogP contribution in [0.25, 0.3) is 11.2 Å². The summed E-state index contributed by atoms with van der Waals surface area (Å²) in [5.74, 6) is 0.419. The third kappa shape index (κ3) is 3.56. The molecule has 10 heteroatoms. The van der Waals surface area contributed by atoms with Crippen molar-refractivity contribution in [2.45, 2.75) is 43.6 Å². The van der Waals surface area contributed by atoms with E-state index in [4.69, 9.17) is 4.74 Å². The number of hydrogen-bond donors (Lipinski definition) is 5. The smallest absolute Gasteiger partial charge is 0.167 e. The van der Waals surface area contributed by atoms with E-state index >= 15 is 0 Å². The number of imidazole rings is 1. The standard InChI is InChI=1S/C19H23N5O5/c1-10(14(26)11-5-3-2-4-6-11)23-17-13-18(21-8-20-17)24(9-22-13)19-16(28)15(27)12(7-25)29-19/h2-6,8-10,12,14-16,19,25-28H,7H2,1H3,(H,20,21,23)/t10-,12-,14-,15-,16-,19-/m1/s1. The van der Waals surface area contributed by atoms with E-state index in [1.807, 2.05) is 37.3 Å². The van der Waals surface area contributed by atoms with Crippen LogP contribution in [-0.2, 0) is 4.74 Å². The molecule has 1 fully saturated rings. The highest BCUT2D eigenvalue weighted by molar-refractivity contribution is 5.82. The fraction of sp³-hybridized carbons (Fsp3) is 0.421. The maximum absolute atomic E-state index is 10.6. The highest BCUT2D eigenvalue weighted by Crippen LogP contribution is 2.32. The van der Waals surface area contributed by atoms with Crippen LogP contribution in [0.1, 0.15) is 24.8 Å². The number of nitrogens with zero attached hydrogens (tertiary/aromatic N) is 4. The lowest BCUT2D eigenvalue weighted by molar-refractivity contribution is -0.0511. The first-order valence-corrected chi connectivity index (χ1v) is 9.30. The molecule has 6 atom stereocenters. The molecule has 0 unspecified atom stereocenters. The van der Waals surface area contributed by atoms with E-state index in [0.717, 1.165) is 5.56 Å². The Balaban J connectivity index is 1.60. The molecular weight excluding hydrogens is 378 g/mol. The summed E-state index contributed by atoms with van der Waals surface area (Å²) in [5.41, 5.74) is 1.59. The van der Waals surface area contributed by atoms with Crippen molar-refractivity contribution in [2.24, 2.45) is 0 Å². The topological polar surface area (TPSA) is 146 Å². The predicted molar refractivity (Wildman–Crippen MR) is 103 cm³/mol. The number of aliphatic hydroxyl groups excluding tert-OH is 4. The quantitative estimate of drug-likeness (QED) is 0.384. The number of ether oxygens (including phenoxy) is 1. The summed E-state index contributed by atoms with van der Waals surface area (Å²) >= 11 is 0. The number of anilines is 1. The average molecular weight is 401 g/mol. The predicted octanol–water partition coefficient (Wildman–Crippen LogP) is -0.0282. The van der Waals surface area contributed by atoms with Gasteiger partial charge in [0.05, 0.1) is 25.1 Å². The van der Waals surface area contributed by atoms with Gasteiger partial charge in [0.2, 0.25) is 0 Å². The van der Waals surface area contributed by atoms with Crippen LogP contribution in [0.3, 0.4) is 0 Å². The number of fused-ring (bicyclic) bond motifs is 1. The molecule has 1 aliphatic rings. The van der Waals surface area contributed by atoms with Gasteiger partial charge in [-0.25, -0.2) is 15.0 Å². The first-order valence-electron chi connectivity index (χ1n) is 9.30. The Kier molecular flexibility index (Phi) is 5.43. The van der Waals surface area contributed by atoms with Gasteiger partial charge in [-0.3, -0.25) is 4.57 Å². The van der Waals surface area contributed by atoms with Crippen LogP contribution in [0.2, 0.25) is 0 Å². The fourth-order valence-electron chi connectivity index (χ4n) is 3.49. The number of rotatable bonds is 6. The zero-order valence-electron chi connectivity index (χ0n) is 15.7. The molecule has 0 bridgehead atoms. The largest absolute Gasteiger partial charge is 0.394 e. The molecule has 0 amide bonds. The molecule has 3 aromatic rings. The van der Waals surface area contributed by atoms with E-state index in [1.54, 1.807) is 0 Å². The lowest BCUT2D eigenvalue weighted by Crippen LogP contribution is -2.33. The minimum Gasteiger partial charge on any atom is -0.394 e.